The third-order valence-electron chi connectivity index (χ3n) is 5.67. The minimum atomic E-state index is -3.17. The molecule has 1 saturated carbocycles. The molecule has 3 aromatic rings. The Morgan fingerprint density at radius 2 is 2.07 bits per heavy atom. The lowest BCUT2D eigenvalue weighted by Gasteiger charge is -2.25. The Bertz CT molecular complexity index is 1260. The third-order valence-corrected chi connectivity index (χ3v) is 8.03. The molecule has 0 atom stereocenters. The summed E-state index contributed by atoms with van der Waals surface area (Å²) in [5.74, 6) is 0.150. The first-order chi connectivity index (χ1) is 14.5. The first kappa shape index (κ1) is 19.2. The van der Waals surface area contributed by atoms with E-state index in [1.165, 1.54) is 25.6 Å². The van der Waals surface area contributed by atoms with Crippen LogP contribution in [0.15, 0.2) is 36.7 Å². The number of methoxy groups -OCH3 is 1. The van der Waals surface area contributed by atoms with Crippen LogP contribution in [0, 0.1) is 5.82 Å². The lowest BCUT2D eigenvalue weighted by molar-refractivity contribution is 0.415. The summed E-state index contributed by atoms with van der Waals surface area (Å²) in [5.41, 5.74) is 3.66. The molecule has 0 amide bonds. The van der Waals surface area contributed by atoms with E-state index in [0.717, 1.165) is 29.5 Å². The van der Waals surface area contributed by atoms with Crippen molar-refractivity contribution >= 4 is 26.6 Å². The van der Waals surface area contributed by atoms with Gasteiger partial charge in [0, 0.05) is 29.7 Å². The second-order valence-electron chi connectivity index (χ2n) is 7.59. The summed E-state index contributed by atoms with van der Waals surface area (Å²) in [4.78, 5) is 12.0. The minimum absolute atomic E-state index is 0.195. The lowest BCUT2D eigenvalue weighted by Crippen LogP contribution is -2.36. The number of rotatable bonds is 5. The monoisotopic (exact) mass is 428 g/mol. The van der Waals surface area contributed by atoms with Gasteiger partial charge in [-0.25, -0.2) is 22.8 Å². The second-order valence-corrected chi connectivity index (χ2v) is 9.81. The number of nitrogens with zero attached hydrogens (tertiary/aromatic N) is 3. The Morgan fingerprint density at radius 1 is 1.23 bits per heavy atom. The predicted molar refractivity (Wildman–Crippen MR) is 112 cm³/mol. The van der Waals surface area contributed by atoms with Gasteiger partial charge in [0.1, 0.15) is 23.5 Å². The van der Waals surface area contributed by atoms with Crippen molar-refractivity contribution in [1.29, 1.82) is 0 Å². The molecule has 2 aromatic heterocycles. The number of hydrogen-bond donors (Lipinski definition) is 1. The summed E-state index contributed by atoms with van der Waals surface area (Å²) in [6.07, 6.45) is 5.53. The molecule has 7 nitrogen and oxygen atoms in total. The van der Waals surface area contributed by atoms with Crippen molar-refractivity contribution in [2.45, 2.75) is 24.5 Å². The van der Waals surface area contributed by atoms with Crippen molar-refractivity contribution in [1.82, 2.24) is 19.3 Å². The summed E-state index contributed by atoms with van der Waals surface area (Å²) in [6, 6.07) is 6.25. The van der Waals surface area contributed by atoms with Crippen LogP contribution in [0.5, 0.6) is 5.75 Å². The van der Waals surface area contributed by atoms with Crippen LogP contribution in [0.4, 0.5) is 4.39 Å². The molecule has 1 fully saturated rings. The van der Waals surface area contributed by atoms with Gasteiger partial charge in [-0.15, -0.1) is 0 Å². The van der Waals surface area contributed by atoms with E-state index in [-0.39, 0.29) is 11.1 Å². The molecule has 1 aliphatic carbocycles. The average Bonchev–Trinajstić information content (AvgIpc) is 3.53. The van der Waals surface area contributed by atoms with E-state index < -0.39 is 10.0 Å². The number of sulfonamides is 1. The fourth-order valence-corrected chi connectivity index (χ4v) is 5.68. The van der Waals surface area contributed by atoms with E-state index in [0.29, 0.717) is 42.2 Å². The highest BCUT2D eigenvalue weighted by atomic mass is 32.2. The number of H-pyrrole nitrogens is 1. The lowest BCUT2D eigenvalue weighted by atomic mass is 10.0. The Labute approximate surface area is 173 Å². The molecule has 1 N–H and O–H groups in total. The average molecular weight is 428 g/mol. The molecule has 0 saturated heterocycles. The van der Waals surface area contributed by atoms with Gasteiger partial charge in [0.2, 0.25) is 10.0 Å². The van der Waals surface area contributed by atoms with Gasteiger partial charge >= 0.3 is 0 Å². The zero-order chi connectivity index (χ0) is 20.9. The number of nitrogens with one attached hydrogen (secondary N) is 1. The number of aromatic amines is 1. The van der Waals surface area contributed by atoms with Gasteiger partial charge < -0.3 is 9.72 Å². The minimum Gasteiger partial charge on any atom is -0.496 e. The number of benzene rings is 1. The molecule has 0 radical (unpaired) electrons. The van der Waals surface area contributed by atoms with E-state index in [2.05, 4.69) is 15.0 Å². The number of halogens is 1. The van der Waals surface area contributed by atoms with Crippen LogP contribution >= 0.6 is 0 Å². The highest BCUT2D eigenvalue weighted by Gasteiger charge is 2.40. The van der Waals surface area contributed by atoms with Crippen LogP contribution in [0.1, 0.15) is 25.0 Å². The van der Waals surface area contributed by atoms with E-state index in [4.69, 9.17) is 4.74 Å². The maximum absolute atomic E-state index is 13.9. The Kier molecular flexibility index (Phi) is 4.59. The predicted octanol–water partition coefficient (Wildman–Crippen LogP) is 3.35. The van der Waals surface area contributed by atoms with E-state index >= 15 is 0 Å². The van der Waals surface area contributed by atoms with Crippen molar-refractivity contribution < 1.29 is 17.5 Å². The smallest absolute Gasteiger partial charge is 0.217 e. The molecular weight excluding hydrogens is 407 g/mol. The maximum atomic E-state index is 13.9. The van der Waals surface area contributed by atoms with Gasteiger partial charge in [0.15, 0.2) is 0 Å². The molecule has 9 heteroatoms. The molecule has 1 aromatic carbocycles. The molecular formula is C21H21FN4O3S. The van der Waals surface area contributed by atoms with Gasteiger partial charge in [0.05, 0.1) is 18.1 Å². The molecule has 3 heterocycles. The first-order valence-corrected chi connectivity index (χ1v) is 11.3. The number of ether oxygens (including phenoxy) is 1. The Morgan fingerprint density at radius 3 is 2.77 bits per heavy atom. The van der Waals surface area contributed by atoms with Gasteiger partial charge in [0.25, 0.3) is 0 Å². The highest BCUT2D eigenvalue weighted by molar-refractivity contribution is 7.90. The number of fused-ring (bicyclic) bond motifs is 1. The first-order valence-electron chi connectivity index (χ1n) is 9.83. The second kappa shape index (κ2) is 7.17. The van der Waals surface area contributed by atoms with Crippen molar-refractivity contribution in [3.8, 4) is 17.0 Å². The number of hydrogen-bond acceptors (Lipinski definition) is 5. The fourth-order valence-electron chi connectivity index (χ4n) is 3.90. The van der Waals surface area contributed by atoms with Gasteiger partial charge in [-0.1, -0.05) is 6.08 Å². The quantitative estimate of drug-likeness (QED) is 0.673. The zero-order valence-corrected chi connectivity index (χ0v) is 17.2. The SMILES string of the molecule is COc1ccc(F)cc1-c1ncnc2[nH]c(C3=CCN(S(=O)(=O)C4CC4)CC3)cc12. The van der Waals surface area contributed by atoms with Crippen LogP contribution in [0.3, 0.4) is 0 Å². The van der Waals surface area contributed by atoms with Gasteiger partial charge in [-0.2, -0.15) is 4.31 Å². The summed E-state index contributed by atoms with van der Waals surface area (Å²) in [5, 5.41) is 0.560. The Hall–Kier alpha value is -2.78. The maximum Gasteiger partial charge on any atom is 0.217 e. The molecule has 5 rings (SSSR count). The van der Waals surface area contributed by atoms with Crippen molar-refractivity contribution in [3.05, 3.63) is 48.2 Å². The van der Waals surface area contributed by atoms with Crippen LogP contribution in [-0.4, -0.2) is 53.1 Å². The van der Waals surface area contributed by atoms with Crippen LogP contribution in [0.25, 0.3) is 27.9 Å². The third kappa shape index (κ3) is 3.27. The van der Waals surface area contributed by atoms with Gasteiger partial charge in [-0.05, 0) is 49.1 Å². The van der Waals surface area contributed by atoms with Crippen LogP contribution in [-0.2, 0) is 10.0 Å². The standard InChI is InChI=1S/C21H21FN4O3S/c1-29-19-5-2-14(22)10-16(19)20-17-11-18(25-21(17)24-12-23-20)13-6-8-26(9-7-13)30(27,28)15-3-4-15/h2,5-6,10-12,15H,3-4,7-9H2,1H3,(H,23,24,25). The number of aromatic nitrogens is 3. The topological polar surface area (TPSA) is 88.2 Å². The van der Waals surface area contributed by atoms with E-state index in [9.17, 15) is 12.8 Å². The van der Waals surface area contributed by atoms with Gasteiger partial charge in [-0.3, -0.25) is 0 Å². The molecule has 1 aliphatic heterocycles. The molecule has 0 unspecified atom stereocenters. The summed E-state index contributed by atoms with van der Waals surface area (Å²) in [7, 11) is -1.63. The molecule has 156 valence electrons. The van der Waals surface area contributed by atoms with Crippen LogP contribution < -0.4 is 4.74 Å². The van der Waals surface area contributed by atoms with Crippen LogP contribution in [0.2, 0.25) is 0 Å². The Balaban J connectivity index is 1.50. The zero-order valence-electron chi connectivity index (χ0n) is 16.4. The molecule has 0 bridgehead atoms. The normalized spacial score (nSPS) is 17.9. The van der Waals surface area contributed by atoms with E-state index in [1.807, 2.05) is 12.1 Å². The molecule has 30 heavy (non-hydrogen) atoms. The van der Waals surface area contributed by atoms with Crippen molar-refractivity contribution in [2.24, 2.45) is 0 Å². The summed E-state index contributed by atoms with van der Waals surface area (Å²) < 4.78 is 45.7. The van der Waals surface area contributed by atoms with Crippen molar-refractivity contribution in [3.63, 3.8) is 0 Å². The summed E-state index contributed by atoms with van der Waals surface area (Å²) in [6.45, 7) is 0.843. The summed E-state index contributed by atoms with van der Waals surface area (Å²) >= 11 is 0. The van der Waals surface area contributed by atoms with Crippen molar-refractivity contribution in [2.75, 3.05) is 20.2 Å². The fraction of sp³-hybridized carbons (Fsp3) is 0.333. The molecule has 0 spiro atoms. The molecule has 2 aliphatic rings. The highest BCUT2D eigenvalue weighted by Crippen LogP contribution is 2.36. The van der Waals surface area contributed by atoms with E-state index in [1.54, 1.807) is 10.4 Å². The largest absolute Gasteiger partial charge is 0.496 e.